The quantitative estimate of drug-likeness (QED) is 0.0529. The predicted molar refractivity (Wildman–Crippen MR) is 163 cm³/mol. The van der Waals surface area contributed by atoms with E-state index in [0.29, 0.717) is 44.0 Å². The lowest BCUT2D eigenvalue weighted by Crippen LogP contribution is -2.29. The molecule has 0 aliphatic carbocycles. The number of anilines is 1. The van der Waals surface area contributed by atoms with Crippen molar-refractivity contribution < 1.29 is 23.8 Å². The molecule has 1 aliphatic rings. The van der Waals surface area contributed by atoms with Crippen molar-refractivity contribution in [1.29, 1.82) is 0 Å². The van der Waals surface area contributed by atoms with Gasteiger partial charge in [-0.3, -0.25) is 18.9 Å². The smallest absolute Gasteiger partial charge is 0.301 e. The second-order valence-electron chi connectivity index (χ2n) is 9.55. The van der Waals surface area contributed by atoms with Crippen LogP contribution in [-0.2, 0) is 15.3 Å². The number of aliphatic hydroxyl groups excluding tert-OH is 1. The van der Waals surface area contributed by atoms with Crippen LogP contribution in [0.1, 0.15) is 28.6 Å². The lowest BCUT2D eigenvalue weighted by Gasteiger charge is -2.23. The number of hydrogen-bond donors (Lipinski definition) is 1. The van der Waals surface area contributed by atoms with Gasteiger partial charge in [0.2, 0.25) is 5.13 Å². The van der Waals surface area contributed by atoms with E-state index in [1.165, 1.54) is 22.7 Å². The summed E-state index contributed by atoms with van der Waals surface area (Å²) in [5.41, 5.74) is 2.27. The molecule has 2 aromatic carbocycles. The summed E-state index contributed by atoms with van der Waals surface area (Å²) in [4.78, 5) is 33.1. The van der Waals surface area contributed by atoms with Crippen LogP contribution in [0.3, 0.4) is 0 Å². The van der Waals surface area contributed by atoms with Crippen LogP contribution in [0.2, 0.25) is 0 Å². The number of aliphatic hydroxyl groups is 1. The third-order valence-corrected chi connectivity index (χ3v) is 8.93. The van der Waals surface area contributed by atoms with Gasteiger partial charge in [0.05, 0.1) is 17.3 Å². The van der Waals surface area contributed by atoms with Crippen molar-refractivity contribution in [3.63, 3.8) is 0 Å². The van der Waals surface area contributed by atoms with Gasteiger partial charge in [-0.15, -0.1) is 10.2 Å². The Kier molecular flexibility index (Phi) is 7.78. The van der Waals surface area contributed by atoms with E-state index in [9.17, 15) is 19.1 Å². The van der Waals surface area contributed by atoms with E-state index in [4.69, 9.17) is 4.74 Å². The molecule has 43 heavy (non-hydrogen) atoms. The highest BCUT2D eigenvalue weighted by Crippen LogP contribution is 2.45. The molecule has 216 valence electrons. The van der Waals surface area contributed by atoms with Crippen LogP contribution >= 0.6 is 23.1 Å². The van der Waals surface area contributed by atoms with Crippen molar-refractivity contribution in [2.24, 2.45) is 0 Å². The Morgan fingerprint density at radius 1 is 1.14 bits per heavy atom. The van der Waals surface area contributed by atoms with E-state index < -0.39 is 17.7 Å². The fourth-order valence-electron chi connectivity index (χ4n) is 4.91. The molecule has 1 aliphatic heterocycles. The molecule has 0 radical (unpaired) electrons. The monoisotopic (exact) mass is 613 g/mol. The zero-order chi connectivity index (χ0) is 30.1. The number of rotatable bonds is 9. The molecule has 1 saturated heterocycles. The summed E-state index contributed by atoms with van der Waals surface area (Å²) in [6, 6.07) is 17.7. The number of aryl methyl sites for hydroxylation is 1. The van der Waals surface area contributed by atoms with Crippen molar-refractivity contribution in [3.05, 3.63) is 119 Å². The first kappa shape index (κ1) is 28.3. The van der Waals surface area contributed by atoms with Crippen molar-refractivity contribution in [2.75, 3.05) is 11.5 Å². The standard InChI is InChI=1S/C31H24FN5O4S2/c1-3-15-41-21-11-8-10-19(16-21)26-24(27(38)25-18(2)33-23-13-6-7-14-36(23)25)28(39)29(40)37(26)30-34-35-31(43-30)42-17-20-9-4-5-12-22(20)32/h3-14,16,26,38H,1,15,17H2,2H3/b27-24+. The maximum absolute atomic E-state index is 14.2. The molecule has 0 spiro atoms. The number of halogens is 1. The number of amides is 1. The second kappa shape index (κ2) is 11.8. The van der Waals surface area contributed by atoms with Crippen LogP contribution in [0.5, 0.6) is 5.75 Å². The van der Waals surface area contributed by atoms with Crippen LogP contribution in [0, 0.1) is 12.7 Å². The van der Waals surface area contributed by atoms with Crippen molar-refractivity contribution in [3.8, 4) is 5.75 Å². The van der Waals surface area contributed by atoms with Gasteiger partial charge < -0.3 is 9.84 Å². The Balaban J connectivity index is 1.45. The highest BCUT2D eigenvalue weighted by molar-refractivity contribution is 8.00. The molecule has 1 unspecified atom stereocenters. The molecule has 4 heterocycles. The largest absolute Gasteiger partial charge is 0.505 e. The van der Waals surface area contributed by atoms with Crippen LogP contribution in [-0.4, -0.2) is 43.0 Å². The third kappa shape index (κ3) is 5.30. The number of aromatic nitrogens is 4. The van der Waals surface area contributed by atoms with Crippen LogP contribution in [0.25, 0.3) is 11.4 Å². The molecule has 0 bridgehead atoms. The average Bonchev–Trinajstić information content (AvgIpc) is 3.69. The van der Waals surface area contributed by atoms with Gasteiger partial charge >= 0.3 is 5.91 Å². The number of carbonyl (C=O) groups is 2. The lowest BCUT2D eigenvalue weighted by molar-refractivity contribution is -0.132. The van der Waals surface area contributed by atoms with E-state index in [0.717, 1.165) is 11.3 Å². The number of nitrogens with zero attached hydrogens (tertiary/aromatic N) is 5. The fraction of sp³-hybridized carbons (Fsp3) is 0.129. The summed E-state index contributed by atoms with van der Waals surface area (Å²) in [5, 5.41) is 20.3. The maximum atomic E-state index is 14.2. The fourth-order valence-corrected chi connectivity index (χ4v) is 6.77. The summed E-state index contributed by atoms with van der Waals surface area (Å²) in [5.74, 6) is -1.63. The Labute approximate surface area is 254 Å². The van der Waals surface area contributed by atoms with E-state index in [-0.39, 0.29) is 28.9 Å². The van der Waals surface area contributed by atoms with Crippen LogP contribution in [0.15, 0.2) is 95.5 Å². The first-order valence-corrected chi connectivity index (χ1v) is 15.0. The van der Waals surface area contributed by atoms with Gasteiger partial charge in [0.25, 0.3) is 5.78 Å². The van der Waals surface area contributed by atoms with Gasteiger partial charge in [0, 0.05) is 11.9 Å². The number of imidazole rings is 1. The number of fused-ring (bicyclic) bond motifs is 1. The van der Waals surface area contributed by atoms with Crippen LogP contribution < -0.4 is 9.64 Å². The molecule has 1 N–H and O–H groups in total. The second-order valence-corrected chi connectivity index (χ2v) is 11.7. The zero-order valence-corrected chi connectivity index (χ0v) is 24.4. The minimum atomic E-state index is -1.04. The highest BCUT2D eigenvalue weighted by atomic mass is 32.2. The number of hydrogen-bond acceptors (Lipinski definition) is 9. The summed E-state index contributed by atoms with van der Waals surface area (Å²) in [6.07, 6.45) is 3.33. The number of ether oxygens (including phenoxy) is 1. The minimum Gasteiger partial charge on any atom is -0.505 e. The third-order valence-electron chi connectivity index (χ3n) is 6.83. The first-order valence-electron chi connectivity index (χ1n) is 13.2. The van der Waals surface area contributed by atoms with Crippen molar-refractivity contribution in [2.45, 2.75) is 23.1 Å². The van der Waals surface area contributed by atoms with Gasteiger partial charge in [0.1, 0.15) is 29.5 Å². The summed E-state index contributed by atoms with van der Waals surface area (Å²) >= 11 is 2.37. The molecular formula is C31H24FN5O4S2. The number of pyridine rings is 1. The highest BCUT2D eigenvalue weighted by Gasteiger charge is 2.49. The summed E-state index contributed by atoms with van der Waals surface area (Å²) in [7, 11) is 0. The van der Waals surface area contributed by atoms with E-state index >= 15 is 0 Å². The van der Waals surface area contributed by atoms with Crippen molar-refractivity contribution >= 4 is 51.3 Å². The van der Waals surface area contributed by atoms with Gasteiger partial charge in [-0.25, -0.2) is 9.37 Å². The Bertz CT molecular complexity index is 1920. The molecule has 9 nitrogen and oxygen atoms in total. The lowest BCUT2D eigenvalue weighted by atomic mass is 9.96. The van der Waals surface area contributed by atoms with E-state index in [1.54, 1.807) is 78.2 Å². The summed E-state index contributed by atoms with van der Waals surface area (Å²) < 4.78 is 22.0. The number of carbonyl (C=O) groups excluding carboxylic acids is 2. The molecule has 1 atom stereocenters. The molecule has 0 saturated carbocycles. The Morgan fingerprint density at radius 3 is 2.77 bits per heavy atom. The molecular weight excluding hydrogens is 590 g/mol. The average molecular weight is 614 g/mol. The molecule has 1 amide bonds. The molecule has 3 aromatic heterocycles. The normalized spacial score (nSPS) is 16.2. The molecule has 5 aromatic rings. The number of thioether (sulfide) groups is 1. The maximum Gasteiger partial charge on any atom is 0.301 e. The van der Waals surface area contributed by atoms with Crippen molar-refractivity contribution in [1.82, 2.24) is 19.6 Å². The first-order chi connectivity index (χ1) is 20.9. The van der Waals surface area contributed by atoms with Gasteiger partial charge in [-0.05, 0) is 48.4 Å². The Morgan fingerprint density at radius 2 is 1.95 bits per heavy atom. The zero-order valence-electron chi connectivity index (χ0n) is 22.8. The number of Topliss-reactive ketones (excluding diaryl/α,β-unsaturated/α-hetero) is 1. The topological polar surface area (TPSA) is 110 Å². The SMILES string of the molecule is C=CCOc1cccc(C2/C(=C(\O)c3c(C)nc4ccccn34)C(=O)C(=O)N2c2nnc(SCc3ccccc3F)s2)c1. The number of benzene rings is 2. The van der Waals surface area contributed by atoms with Gasteiger partial charge in [-0.2, -0.15) is 0 Å². The predicted octanol–water partition coefficient (Wildman–Crippen LogP) is 6.12. The number of ketones is 1. The van der Waals surface area contributed by atoms with Crippen LogP contribution in [0.4, 0.5) is 9.52 Å². The Hall–Kier alpha value is -4.81. The van der Waals surface area contributed by atoms with E-state index in [2.05, 4.69) is 21.8 Å². The molecule has 6 rings (SSSR count). The van der Waals surface area contributed by atoms with E-state index in [1.807, 2.05) is 6.07 Å². The summed E-state index contributed by atoms with van der Waals surface area (Å²) in [6.45, 7) is 5.65. The van der Waals surface area contributed by atoms with Gasteiger partial charge in [0.15, 0.2) is 10.1 Å². The minimum absolute atomic E-state index is 0.115. The molecule has 12 heteroatoms. The van der Waals surface area contributed by atoms with Gasteiger partial charge in [-0.1, -0.05) is 72.2 Å². The molecule has 1 fully saturated rings.